The SMILES string of the molecule is O=C1CCCC2=C1C(c1cccc(Cl)c1)N=C(Cc1nc3ccccc3o1)C2. The molecule has 2 aromatic carbocycles. The average molecular weight is 391 g/mol. The third-order valence-electron chi connectivity index (χ3n) is 5.42. The normalized spacial score (nSPS) is 19.7. The molecule has 0 amide bonds. The largest absolute Gasteiger partial charge is 0.440 e. The summed E-state index contributed by atoms with van der Waals surface area (Å²) in [6, 6.07) is 15.1. The van der Waals surface area contributed by atoms with Gasteiger partial charge in [0.2, 0.25) is 5.89 Å². The minimum atomic E-state index is -0.283. The molecule has 1 aliphatic carbocycles. The highest BCUT2D eigenvalue weighted by atomic mass is 35.5. The second-order valence-electron chi connectivity index (χ2n) is 7.38. The minimum Gasteiger partial charge on any atom is -0.440 e. The molecule has 1 aromatic heterocycles. The number of fused-ring (bicyclic) bond motifs is 1. The number of halogens is 1. The van der Waals surface area contributed by atoms with Gasteiger partial charge < -0.3 is 4.42 Å². The van der Waals surface area contributed by atoms with Crippen LogP contribution in [-0.2, 0) is 11.2 Å². The Morgan fingerprint density at radius 2 is 2.00 bits per heavy atom. The van der Waals surface area contributed by atoms with Crippen LogP contribution in [0.5, 0.6) is 0 Å². The molecule has 1 atom stereocenters. The van der Waals surface area contributed by atoms with Gasteiger partial charge in [0.15, 0.2) is 11.4 Å². The van der Waals surface area contributed by atoms with Crippen LogP contribution in [0, 0.1) is 0 Å². The summed E-state index contributed by atoms with van der Waals surface area (Å²) in [6.07, 6.45) is 3.74. The van der Waals surface area contributed by atoms with Gasteiger partial charge in [0.05, 0.1) is 6.42 Å². The quantitative estimate of drug-likeness (QED) is 0.579. The van der Waals surface area contributed by atoms with E-state index in [9.17, 15) is 4.79 Å². The molecule has 0 N–H and O–H groups in total. The molecule has 28 heavy (non-hydrogen) atoms. The predicted octanol–water partition coefficient (Wildman–Crippen LogP) is 5.66. The Hall–Kier alpha value is -2.72. The van der Waals surface area contributed by atoms with E-state index in [2.05, 4.69) is 4.98 Å². The van der Waals surface area contributed by atoms with Gasteiger partial charge in [-0.1, -0.05) is 41.4 Å². The van der Waals surface area contributed by atoms with Gasteiger partial charge >= 0.3 is 0 Å². The van der Waals surface area contributed by atoms with E-state index >= 15 is 0 Å². The van der Waals surface area contributed by atoms with Crippen molar-refractivity contribution in [1.29, 1.82) is 0 Å². The maximum atomic E-state index is 12.7. The predicted molar refractivity (Wildman–Crippen MR) is 110 cm³/mol. The van der Waals surface area contributed by atoms with Gasteiger partial charge in [-0.3, -0.25) is 9.79 Å². The number of aliphatic imine (C=N–C) groups is 1. The maximum absolute atomic E-state index is 12.7. The van der Waals surface area contributed by atoms with Crippen molar-refractivity contribution in [3.8, 4) is 0 Å². The number of dihydropyridines is 1. The number of allylic oxidation sites excluding steroid dienone is 1. The zero-order chi connectivity index (χ0) is 19.1. The minimum absolute atomic E-state index is 0.218. The van der Waals surface area contributed by atoms with E-state index in [0.29, 0.717) is 23.8 Å². The summed E-state index contributed by atoms with van der Waals surface area (Å²) in [5.74, 6) is 0.881. The fraction of sp³-hybridized carbons (Fsp3) is 0.261. The molecule has 5 heteroatoms. The maximum Gasteiger partial charge on any atom is 0.201 e. The number of carbonyl (C=O) groups excluding carboxylic acids is 1. The van der Waals surface area contributed by atoms with Gasteiger partial charge in [-0.2, -0.15) is 0 Å². The van der Waals surface area contributed by atoms with Crippen molar-refractivity contribution in [1.82, 2.24) is 4.98 Å². The topological polar surface area (TPSA) is 55.5 Å². The monoisotopic (exact) mass is 390 g/mol. The van der Waals surface area contributed by atoms with Crippen LogP contribution in [0.3, 0.4) is 0 Å². The van der Waals surface area contributed by atoms with Crippen LogP contribution in [0.1, 0.15) is 43.2 Å². The summed E-state index contributed by atoms with van der Waals surface area (Å²) in [5, 5.41) is 0.657. The molecule has 2 heterocycles. The van der Waals surface area contributed by atoms with Crippen molar-refractivity contribution in [2.24, 2.45) is 4.99 Å². The molecular weight excluding hydrogens is 372 g/mol. The molecule has 2 aliphatic rings. The Kier molecular flexibility index (Phi) is 4.36. The molecule has 0 saturated heterocycles. The molecule has 1 unspecified atom stereocenters. The summed E-state index contributed by atoms with van der Waals surface area (Å²) in [7, 11) is 0. The lowest BCUT2D eigenvalue weighted by atomic mass is 9.79. The second kappa shape index (κ2) is 7.02. The summed E-state index contributed by atoms with van der Waals surface area (Å²) in [4.78, 5) is 22.2. The van der Waals surface area contributed by atoms with Gasteiger partial charge in [-0.25, -0.2) is 4.98 Å². The first kappa shape index (κ1) is 17.4. The van der Waals surface area contributed by atoms with Crippen LogP contribution in [0.15, 0.2) is 69.1 Å². The number of hydrogen-bond acceptors (Lipinski definition) is 4. The number of nitrogens with zero attached hydrogens (tertiary/aromatic N) is 2. The van der Waals surface area contributed by atoms with Gasteiger partial charge in [0.1, 0.15) is 11.6 Å². The summed E-state index contributed by atoms with van der Waals surface area (Å²) >= 11 is 6.21. The number of oxazole rings is 1. The van der Waals surface area contributed by atoms with E-state index in [-0.39, 0.29) is 11.8 Å². The molecule has 140 valence electrons. The molecule has 5 rings (SSSR count). The van der Waals surface area contributed by atoms with Crippen LogP contribution < -0.4 is 0 Å². The molecule has 0 fully saturated rings. The highest BCUT2D eigenvalue weighted by molar-refractivity contribution is 6.30. The standard InChI is InChI=1S/C23H19ClN2O2/c24-16-7-3-6-15(11-16)23-22-14(5-4-9-19(22)27)12-17(25-23)13-21-26-18-8-1-2-10-20(18)28-21/h1-3,6-8,10-11,23H,4-5,9,12-13H2. The third-order valence-corrected chi connectivity index (χ3v) is 5.66. The number of benzene rings is 2. The Balaban J connectivity index is 1.53. The second-order valence-corrected chi connectivity index (χ2v) is 7.81. The first-order valence-corrected chi connectivity index (χ1v) is 9.96. The highest BCUT2D eigenvalue weighted by Gasteiger charge is 2.32. The number of ketones is 1. The number of Topliss-reactive ketones (excluding diaryl/α,β-unsaturated/α-hetero) is 1. The van der Waals surface area contributed by atoms with Crippen LogP contribution in [-0.4, -0.2) is 16.5 Å². The first-order valence-electron chi connectivity index (χ1n) is 9.58. The molecule has 0 bridgehead atoms. The number of rotatable bonds is 3. The Morgan fingerprint density at radius 1 is 1.11 bits per heavy atom. The highest BCUT2D eigenvalue weighted by Crippen LogP contribution is 2.40. The summed E-state index contributed by atoms with van der Waals surface area (Å²) < 4.78 is 5.89. The van der Waals surface area contributed by atoms with Crippen molar-refractivity contribution in [2.45, 2.75) is 38.1 Å². The molecule has 3 aromatic rings. The molecular formula is C23H19ClN2O2. The van der Waals surface area contributed by atoms with Gasteiger partial charge in [0, 0.05) is 29.1 Å². The smallest absolute Gasteiger partial charge is 0.201 e. The summed E-state index contributed by atoms with van der Waals surface area (Å²) in [6.45, 7) is 0. The molecule has 0 spiro atoms. The van der Waals surface area contributed by atoms with E-state index in [1.54, 1.807) is 0 Å². The average Bonchev–Trinajstić information content (AvgIpc) is 3.10. The van der Waals surface area contributed by atoms with E-state index in [1.807, 2.05) is 48.5 Å². The summed E-state index contributed by atoms with van der Waals surface area (Å²) in [5.41, 5.74) is 5.69. The lowest BCUT2D eigenvalue weighted by Crippen LogP contribution is -2.24. The van der Waals surface area contributed by atoms with Gasteiger partial charge in [-0.05, 0) is 42.7 Å². The van der Waals surface area contributed by atoms with Crippen molar-refractivity contribution in [3.05, 3.63) is 76.2 Å². The van der Waals surface area contributed by atoms with E-state index in [4.69, 9.17) is 21.0 Å². The van der Waals surface area contributed by atoms with Gasteiger partial charge in [0.25, 0.3) is 0 Å². The molecule has 0 saturated carbocycles. The number of hydrogen-bond donors (Lipinski definition) is 0. The van der Waals surface area contributed by atoms with E-state index in [0.717, 1.165) is 47.2 Å². The van der Waals surface area contributed by atoms with Crippen LogP contribution >= 0.6 is 11.6 Å². The van der Waals surface area contributed by atoms with Crippen LogP contribution in [0.2, 0.25) is 5.02 Å². The lowest BCUT2D eigenvalue weighted by Gasteiger charge is -2.29. The Bertz CT molecular complexity index is 1110. The van der Waals surface area contributed by atoms with Crippen molar-refractivity contribution in [2.75, 3.05) is 0 Å². The Labute approximate surface area is 167 Å². The zero-order valence-corrected chi connectivity index (χ0v) is 16.1. The number of para-hydroxylation sites is 2. The van der Waals surface area contributed by atoms with Crippen molar-refractivity contribution >= 4 is 34.2 Å². The fourth-order valence-electron chi connectivity index (χ4n) is 4.19. The number of aromatic nitrogens is 1. The third kappa shape index (κ3) is 3.18. The molecule has 4 nitrogen and oxygen atoms in total. The van der Waals surface area contributed by atoms with Crippen molar-refractivity contribution in [3.63, 3.8) is 0 Å². The zero-order valence-electron chi connectivity index (χ0n) is 15.3. The number of carbonyl (C=O) groups is 1. The lowest BCUT2D eigenvalue weighted by molar-refractivity contribution is -0.116. The molecule has 1 aliphatic heterocycles. The van der Waals surface area contributed by atoms with Crippen LogP contribution in [0.4, 0.5) is 0 Å². The Morgan fingerprint density at radius 3 is 2.86 bits per heavy atom. The van der Waals surface area contributed by atoms with E-state index in [1.165, 1.54) is 5.57 Å². The fourth-order valence-corrected chi connectivity index (χ4v) is 4.39. The van der Waals surface area contributed by atoms with Crippen molar-refractivity contribution < 1.29 is 9.21 Å². The first-order chi connectivity index (χ1) is 13.7. The van der Waals surface area contributed by atoms with E-state index < -0.39 is 0 Å². The van der Waals surface area contributed by atoms with Gasteiger partial charge in [-0.15, -0.1) is 0 Å². The van der Waals surface area contributed by atoms with Crippen LogP contribution in [0.25, 0.3) is 11.1 Å². The molecule has 0 radical (unpaired) electrons.